The van der Waals surface area contributed by atoms with Gasteiger partial charge in [-0.1, -0.05) is 12.1 Å². The van der Waals surface area contributed by atoms with Gasteiger partial charge in [-0.3, -0.25) is 9.78 Å². The lowest BCUT2D eigenvalue weighted by atomic mass is 10.1. The number of nitrogens with one attached hydrogen (secondary N) is 1. The van der Waals surface area contributed by atoms with E-state index in [9.17, 15) is 4.79 Å². The van der Waals surface area contributed by atoms with Crippen molar-refractivity contribution in [2.75, 3.05) is 14.2 Å². The molecule has 21 heavy (non-hydrogen) atoms. The van der Waals surface area contributed by atoms with Crippen molar-refractivity contribution in [2.24, 2.45) is 0 Å². The lowest BCUT2D eigenvalue weighted by Crippen LogP contribution is -2.27. The molecule has 0 radical (unpaired) electrons. The van der Waals surface area contributed by atoms with Crippen molar-refractivity contribution < 1.29 is 14.3 Å². The number of rotatable bonds is 5. The van der Waals surface area contributed by atoms with E-state index in [0.29, 0.717) is 17.1 Å². The molecule has 2 aromatic rings. The summed E-state index contributed by atoms with van der Waals surface area (Å²) >= 11 is 0. The first-order valence-corrected chi connectivity index (χ1v) is 6.59. The summed E-state index contributed by atoms with van der Waals surface area (Å²) < 4.78 is 10.5. The molecule has 5 heteroatoms. The fourth-order valence-corrected chi connectivity index (χ4v) is 2.06. The van der Waals surface area contributed by atoms with Gasteiger partial charge in [-0.15, -0.1) is 0 Å². The number of ether oxygens (including phenoxy) is 2. The molecule has 0 fully saturated rings. The number of carbonyl (C=O) groups is 1. The highest BCUT2D eigenvalue weighted by Crippen LogP contribution is 2.30. The second-order valence-corrected chi connectivity index (χ2v) is 4.52. The van der Waals surface area contributed by atoms with Gasteiger partial charge < -0.3 is 14.8 Å². The van der Waals surface area contributed by atoms with E-state index in [2.05, 4.69) is 10.3 Å². The second kappa shape index (κ2) is 6.74. The SMILES string of the molecule is COc1cccc(C(=O)NC(C)c2cccnc2)c1OC. The highest BCUT2D eigenvalue weighted by atomic mass is 16.5. The standard InChI is InChI=1S/C16H18N2O3/c1-11(12-6-5-9-17-10-12)18-16(19)13-7-4-8-14(20-2)15(13)21-3/h4-11H,1-3H3,(H,18,19). The third kappa shape index (κ3) is 3.31. The van der Waals surface area contributed by atoms with Gasteiger partial charge >= 0.3 is 0 Å². The topological polar surface area (TPSA) is 60.5 Å². The first-order valence-electron chi connectivity index (χ1n) is 6.59. The van der Waals surface area contributed by atoms with Gasteiger partial charge in [-0.2, -0.15) is 0 Å². The molecule has 1 amide bonds. The van der Waals surface area contributed by atoms with Crippen molar-refractivity contribution in [3.8, 4) is 11.5 Å². The second-order valence-electron chi connectivity index (χ2n) is 4.52. The van der Waals surface area contributed by atoms with Crippen molar-refractivity contribution in [3.05, 3.63) is 53.9 Å². The minimum atomic E-state index is -0.220. The lowest BCUT2D eigenvalue weighted by molar-refractivity contribution is 0.0936. The van der Waals surface area contributed by atoms with Gasteiger partial charge in [0.05, 0.1) is 25.8 Å². The Bertz CT molecular complexity index is 614. The zero-order chi connectivity index (χ0) is 15.2. The van der Waals surface area contributed by atoms with Gasteiger partial charge in [0, 0.05) is 12.4 Å². The smallest absolute Gasteiger partial charge is 0.255 e. The Balaban J connectivity index is 2.21. The molecule has 2 rings (SSSR count). The van der Waals surface area contributed by atoms with E-state index in [1.165, 1.54) is 14.2 Å². The number of amides is 1. The van der Waals surface area contributed by atoms with Gasteiger partial charge in [0.2, 0.25) is 0 Å². The molecular weight excluding hydrogens is 268 g/mol. The van der Waals surface area contributed by atoms with Crippen LogP contribution in [0.2, 0.25) is 0 Å². The number of carbonyl (C=O) groups excluding carboxylic acids is 1. The molecule has 110 valence electrons. The van der Waals surface area contributed by atoms with Crippen molar-refractivity contribution >= 4 is 5.91 Å². The Morgan fingerprint density at radius 1 is 1.19 bits per heavy atom. The van der Waals surface area contributed by atoms with E-state index < -0.39 is 0 Å². The van der Waals surface area contributed by atoms with Crippen molar-refractivity contribution in [1.82, 2.24) is 10.3 Å². The molecule has 1 atom stereocenters. The van der Waals surface area contributed by atoms with E-state index in [4.69, 9.17) is 9.47 Å². The number of para-hydroxylation sites is 1. The van der Waals surface area contributed by atoms with Crippen LogP contribution in [0.4, 0.5) is 0 Å². The highest BCUT2D eigenvalue weighted by Gasteiger charge is 2.18. The maximum absolute atomic E-state index is 12.4. The summed E-state index contributed by atoms with van der Waals surface area (Å²) in [5.41, 5.74) is 1.38. The molecule has 0 spiro atoms. The Morgan fingerprint density at radius 3 is 2.62 bits per heavy atom. The molecule has 0 aliphatic heterocycles. The fourth-order valence-electron chi connectivity index (χ4n) is 2.06. The minimum Gasteiger partial charge on any atom is -0.493 e. The normalized spacial score (nSPS) is 11.6. The summed E-state index contributed by atoms with van der Waals surface area (Å²) in [7, 11) is 3.05. The van der Waals surface area contributed by atoms with Gasteiger partial charge in [0.1, 0.15) is 0 Å². The van der Waals surface area contributed by atoms with E-state index in [-0.39, 0.29) is 11.9 Å². The van der Waals surface area contributed by atoms with Crippen LogP contribution in [0, 0.1) is 0 Å². The van der Waals surface area contributed by atoms with Crippen LogP contribution in [0.1, 0.15) is 28.9 Å². The van der Waals surface area contributed by atoms with Crippen LogP contribution in [-0.4, -0.2) is 25.1 Å². The summed E-state index contributed by atoms with van der Waals surface area (Å²) in [5, 5.41) is 2.92. The summed E-state index contributed by atoms with van der Waals surface area (Å²) in [5.74, 6) is 0.733. The molecule has 1 unspecified atom stereocenters. The van der Waals surface area contributed by atoms with Crippen LogP contribution in [0.25, 0.3) is 0 Å². The average Bonchev–Trinajstić information content (AvgIpc) is 2.54. The van der Waals surface area contributed by atoms with Crippen molar-refractivity contribution in [3.63, 3.8) is 0 Å². The van der Waals surface area contributed by atoms with Gasteiger partial charge in [0.25, 0.3) is 5.91 Å². The maximum Gasteiger partial charge on any atom is 0.255 e. The molecule has 0 saturated carbocycles. The monoisotopic (exact) mass is 286 g/mol. The van der Waals surface area contributed by atoms with Crippen LogP contribution < -0.4 is 14.8 Å². The van der Waals surface area contributed by atoms with Crippen molar-refractivity contribution in [1.29, 1.82) is 0 Å². The molecule has 0 aliphatic carbocycles. The first kappa shape index (κ1) is 14.8. The maximum atomic E-state index is 12.4. The Kier molecular flexibility index (Phi) is 4.77. The number of pyridine rings is 1. The Hall–Kier alpha value is -2.56. The minimum absolute atomic E-state index is 0.151. The molecule has 1 aromatic carbocycles. The van der Waals surface area contributed by atoms with Crippen molar-refractivity contribution in [2.45, 2.75) is 13.0 Å². The molecule has 1 N–H and O–H groups in total. The van der Waals surface area contributed by atoms with Crippen LogP contribution in [-0.2, 0) is 0 Å². The van der Waals surface area contributed by atoms with Crippen LogP contribution in [0.3, 0.4) is 0 Å². The third-order valence-electron chi connectivity index (χ3n) is 3.18. The summed E-state index contributed by atoms with van der Waals surface area (Å²) in [6, 6.07) is 8.81. The third-order valence-corrected chi connectivity index (χ3v) is 3.18. The highest BCUT2D eigenvalue weighted by molar-refractivity contribution is 5.98. The quantitative estimate of drug-likeness (QED) is 0.917. The number of aromatic nitrogens is 1. The van der Waals surface area contributed by atoms with Gasteiger partial charge in [0.15, 0.2) is 11.5 Å². The van der Waals surface area contributed by atoms with Crippen LogP contribution in [0.5, 0.6) is 11.5 Å². The molecule has 0 bridgehead atoms. The van der Waals surface area contributed by atoms with E-state index >= 15 is 0 Å². The number of hydrogen-bond acceptors (Lipinski definition) is 4. The van der Waals surface area contributed by atoms with Gasteiger partial charge in [-0.05, 0) is 30.7 Å². The molecule has 1 aromatic heterocycles. The zero-order valence-corrected chi connectivity index (χ0v) is 12.3. The Labute approximate surface area is 123 Å². The number of methoxy groups -OCH3 is 2. The molecule has 5 nitrogen and oxygen atoms in total. The summed E-state index contributed by atoms with van der Waals surface area (Å²) in [6.45, 7) is 1.90. The zero-order valence-electron chi connectivity index (χ0n) is 12.3. The van der Waals surface area contributed by atoms with Crippen LogP contribution >= 0.6 is 0 Å². The molecule has 0 saturated heterocycles. The van der Waals surface area contributed by atoms with E-state index in [1.54, 1.807) is 30.6 Å². The average molecular weight is 286 g/mol. The largest absolute Gasteiger partial charge is 0.493 e. The number of nitrogens with zero attached hydrogens (tertiary/aromatic N) is 1. The molecular formula is C16H18N2O3. The Morgan fingerprint density at radius 2 is 2.00 bits per heavy atom. The molecule has 1 heterocycles. The molecule has 0 aliphatic rings. The van der Waals surface area contributed by atoms with Crippen LogP contribution in [0.15, 0.2) is 42.7 Å². The first-order chi connectivity index (χ1) is 10.2. The van der Waals surface area contributed by atoms with E-state index in [1.807, 2.05) is 19.1 Å². The predicted octanol–water partition coefficient (Wildman–Crippen LogP) is 2.59. The number of benzene rings is 1. The summed E-state index contributed by atoms with van der Waals surface area (Å²) in [4.78, 5) is 16.5. The van der Waals surface area contributed by atoms with Gasteiger partial charge in [-0.25, -0.2) is 0 Å². The fraction of sp³-hybridized carbons (Fsp3) is 0.250. The lowest BCUT2D eigenvalue weighted by Gasteiger charge is -2.16. The number of hydrogen-bond donors (Lipinski definition) is 1. The van der Waals surface area contributed by atoms with E-state index in [0.717, 1.165) is 5.56 Å². The predicted molar refractivity (Wildman–Crippen MR) is 79.7 cm³/mol. The summed E-state index contributed by atoms with van der Waals surface area (Å²) in [6.07, 6.45) is 3.43.